The summed E-state index contributed by atoms with van der Waals surface area (Å²) in [6.07, 6.45) is 0.851. The molecule has 0 fully saturated rings. The van der Waals surface area contributed by atoms with Crippen LogP contribution in [0.2, 0.25) is 0 Å². The quantitative estimate of drug-likeness (QED) is 0.758. The summed E-state index contributed by atoms with van der Waals surface area (Å²) in [5.74, 6) is 0.713. The van der Waals surface area contributed by atoms with Crippen LogP contribution in [0.25, 0.3) is 0 Å². The molecule has 16 heavy (non-hydrogen) atoms. The van der Waals surface area contributed by atoms with Gasteiger partial charge in [0.1, 0.15) is 5.75 Å². The van der Waals surface area contributed by atoms with Gasteiger partial charge < -0.3 is 15.2 Å². The van der Waals surface area contributed by atoms with Crippen molar-refractivity contribution in [3.63, 3.8) is 0 Å². The van der Waals surface area contributed by atoms with Crippen molar-refractivity contribution in [2.75, 3.05) is 13.7 Å². The maximum atomic E-state index is 11.3. The van der Waals surface area contributed by atoms with Crippen molar-refractivity contribution in [2.45, 2.75) is 19.4 Å². The van der Waals surface area contributed by atoms with Gasteiger partial charge in [0.25, 0.3) is 0 Å². The van der Waals surface area contributed by atoms with Gasteiger partial charge in [0.2, 0.25) is 5.91 Å². The Hall–Kier alpha value is -1.55. The van der Waals surface area contributed by atoms with E-state index in [1.165, 1.54) is 0 Å². The number of benzene rings is 1. The van der Waals surface area contributed by atoms with Gasteiger partial charge in [-0.1, -0.05) is 18.2 Å². The number of hydrogen-bond donors (Lipinski definition) is 2. The van der Waals surface area contributed by atoms with Crippen LogP contribution in [-0.4, -0.2) is 24.7 Å². The summed E-state index contributed by atoms with van der Waals surface area (Å²) in [4.78, 5) is 11.3. The van der Waals surface area contributed by atoms with Gasteiger partial charge in [0, 0.05) is 25.1 Å². The molecule has 0 spiro atoms. The topological polar surface area (TPSA) is 58.6 Å². The predicted molar refractivity (Wildman–Crippen MR) is 61.2 cm³/mol. The molecule has 0 saturated heterocycles. The fraction of sp³-hybridized carbons (Fsp3) is 0.417. The van der Waals surface area contributed by atoms with Crippen LogP contribution < -0.4 is 10.1 Å². The SMILES string of the molecule is COc1ccccc1CNC(=O)CCCO. The van der Waals surface area contributed by atoms with Gasteiger partial charge in [-0.25, -0.2) is 0 Å². The largest absolute Gasteiger partial charge is 0.496 e. The second kappa shape index (κ2) is 6.85. The Bertz CT molecular complexity index is 339. The number of carbonyl (C=O) groups is 1. The second-order valence-electron chi connectivity index (χ2n) is 3.42. The molecule has 0 aliphatic rings. The molecule has 0 heterocycles. The van der Waals surface area contributed by atoms with Crippen LogP contribution in [0.1, 0.15) is 18.4 Å². The van der Waals surface area contributed by atoms with Crippen LogP contribution in [0.15, 0.2) is 24.3 Å². The number of carbonyl (C=O) groups excluding carboxylic acids is 1. The molecule has 0 aromatic heterocycles. The van der Waals surface area contributed by atoms with E-state index in [1.807, 2.05) is 24.3 Å². The van der Waals surface area contributed by atoms with Crippen LogP contribution in [-0.2, 0) is 11.3 Å². The van der Waals surface area contributed by atoms with E-state index >= 15 is 0 Å². The molecule has 1 aromatic rings. The van der Waals surface area contributed by atoms with Gasteiger partial charge in [-0.2, -0.15) is 0 Å². The summed E-state index contributed by atoms with van der Waals surface area (Å²) in [6, 6.07) is 7.55. The first kappa shape index (κ1) is 12.5. The lowest BCUT2D eigenvalue weighted by Crippen LogP contribution is -2.22. The molecule has 4 heteroatoms. The molecule has 0 atom stereocenters. The van der Waals surface area contributed by atoms with E-state index in [1.54, 1.807) is 7.11 Å². The fourth-order valence-electron chi connectivity index (χ4n) is 1.37. The number of para-hydroxylation sites is 1. The molecule has 1 rings (SSSR count). The van der Waals surface area contributed by atoms with E-state index in [4.69, 9.17) is 9.84 Å². The Morgan fingerprint density at radius 2 is 2.19 bits per heavy atom. The Kier molecular flexibility index (Phi) is 5.36. The number of aliphatic hydroxyl groups excluding tert-OH is 1. The zero-order valence-corrected chi connectivity index (χ0v) is 9.40. The highest BCUT2D eigenvalue weighted by Gasteiger charge is 2.04. The maximum absolute atomic E-state index is 11.3. The average Bonchev–Trinajstić information content (AvgIpc) is 2.34. The van der Waals surface area contributed by atoms with Gasteiger partial charge in [0.15, 0.2) is 0 Å². The molecule has 0 saturated carbocycles. The zero-order chi connectivity index (χ0) is 11.8. The Balaban J connectivity index is 2.44. The van der Waals surface area contributed by atoms with Crippen molar-refractivity contribution in [3.8, 4) is 5.75 Å². The summed E-state index contributed by atoms with van der Waals surface area (Å²) < 4.78 is 5.17. The number of nitrogens with one attached hydrogen (secondary N) is 1. The van der Waals surface area contributed by atoms with Crippen molar-refractivity contribution in [2.24, 2.45) is 0 Å². The van der Waals surface area contributed by atoms with Crippen LogP contribution >= 0.6 is 0 Å². The zero-order valence-electron chi connectivity index (χ0n) is 9.40. The van der Waals surface area contributed by atoms with Gasteiger partial charge in [-0.3, -0.25) is 4.79 Å². The summed E-state index contributed by atoms with van der Waals surface area (Å²) in [5.41, 5.74) is 0.947. The molecule has 0 unspecified atom stereocenters. The lowest BCUT2D eigenvalue weighted by Gasteiger charge is -2.09. The van der Waals surface area contributed by atoms with Crippen LogP contribution in [0.3, 0.4) is 0 Å². The highest BCUT2D eigenvalue weighted by Crippen LogP contribution is 2.16. The first-order valence-corrected chi connectivity index (χ1v) is 5.27. The first-order valence-electron chi connectivity index (χ1n) is 5.27. The highest BCUT2D eigenvalue weighted by molar-refractivity contribution is 5.75. The summed E-state index contributed by atoms with van der Waals surface area (Å²) >= 11 is 0. The van der Waals surface area contributed by atoms with E-state index < -0.39 is 0 Å². The second-order valence-corrected chi connectivity index (χ2v) is 3.42. The maximum Gasteiger partial charge on any atom is 0.220 e. The van der Waals surface area contributed by atoms with Crippen molar-refractivity contribution in [3.05, 3.63) is 29.8 Å². The van der Waals surface area contributed by atoms with Crippen LogP contribution in [0, 0.1) is 0 Å². The number of hydrogen-bond acceptors (Lipinski definition) is 3. The minimum absolute atomic E-state index is 0.0437. The minimum atomic E-state index is -0.0556. The van der Waals surface area contributed by atoms with Gasteiger partial charge in [-0.05, 0) is 12.5 Å². The number of rotatable bonds is 6. The molecule has 2 N–H and O–H groups in total. The van der Waals surface area contributed by atoms with E-state index in [0.717, 1.165) is 11.3 Å². The van der Waals surface area contributed by atoms with E-state index in [0.29, 0.717) is 19.4 Å². The van der Waals surface area contributed by atoms with Crippen molar-refractivity contribution < 1.29 is 14.6 Å². The summed E-state index contributed by atoms with van der Waals surface area (Å²) in [6.45, 7) is 0.496. The van der Waals surface area contributed by atoms with Crippen molar-refractivity contribution in [1.82, 2.24) is 5.32 Å². The number of ether oxygens (including phenoxy) is 1. The van der Waals surface area contributed by atoms with Crippen molar-refractivity contribution >= 4 is 5.91 Å². The molecule has 1 aromatic carbocycles. The molecule has 0 aliphatic carbocycles. The average molecular weight is 223 g/mol. The molecular formula is C12H17NO3. The normalized spacial score (nSPS) is 9.88. The van der Waals surface area contributed by atoms with Gasteiger partial charge in [-0.15, -0.1) is 0 Å². The summed E-state index contributed by atoms with van der Waals surface area (Å²) in [5, 5.41) is 11.4. The van der Waals surface area contributed by atoms with Gasteiger partial charge >= 0.3 is 0 Å². The van der Waals surface area contributed by atoms with Crippen LogP contribution in [0.5, 0.6) is 5.75 Å². The van der Waals surface area contributed by atoms with Gasteiger partial charge in [0.05, 0.1) is 7.11 Å². The number of aliphatic hydroxyl groups is 1. The standard InChI is InChI=1S/C12H17NO3/c1-16-11-6-3-2-5-10(11)9-13-12(15)7-4-8-14/h2-3,5-6,14H,4,7-9H2,1H3,(H,13,15). The highest BCUT2D eigenvalue weighted by atomic mass is 16.5. The smallest absolute Gasteiger partial charge is 0.220 e. The molecule has 4 nitrogen and oxygen atoms in total. The third kappa shape index (κ3) is 3.90. The predicted octanol–water partition coefficient (Wildman–Crippen LogP) is 1.08. The first-order chi connectivity index (χ1) is 7.77. The number of methoxy groups -OCH3 is 1. The third-order valence-corrected chi connectivity index (χ3v) is 2.23. The molecular weight excluding hydrogens is 206 g/mol. The Labute approximate surface area is 95.2 Å². The van der Waals surface area contributed by atoms with E-state index in [2.05, 4.69) is 5.32 Å². The molecule has 0 bridgehead atoms. The minimum Gasteiger partial charge on any atom is -0.496 e. The number of amides is 1. The summed E-state index contributed by atoms with van der Waals surface area (Å²) in [7, 11) is 1.60. The molecule has 88 valence electrons. The Morgan fingerprint density at radius 1 is 1.44 bits per heavy atom. The molecule has 0 radical (unpaired) electrons. The molecule has 1 amide bonds. The lowest BCUT2D eigenvalue weighted by atomic mass is 10.2. The van der Waals surface area contributed by atoms with E-state index in [9.17, 15) is 4.79 Å². The lowest BCUT2D eigenvalue weighted by molar-refractivity contribution is -0.121. The molecule has 0 aliphatic heterocycles. The fourth-order valence-corrected chi connectivity index (χ4v) is 1.37. The Morgan fingerprint density at radius 3 is 2.88 bits per heavy atom. The monoisotopic (exact) mass is 223 g/mol. The van der Waals surface area contributed by atoms with Crippen molar-refractivity contribution in [1.29, 1.82) is 0 Å². The van der Waals surface area contributed by atoms with E-state index in [-0.39, 0.29) is 12.5 Å². The van der Waals surface area contributed by atoms with Crippen LogP contribution in [0.4, 0.5) is 0 Å². The third-order valence-electron chi connectivity index (χ3n) is 2.23.